The lowest BCUT2D eigenvalue weighted by Gasteiger charge is -2.23. The summed E-state index contributed by atoms with van der Waals surface area (Å²) in [5.74, 6) is 0.00791. The number of benzene rings is 2. The van der Waals surface area contributed by atoms with Gasteiger partial charge in [0.2, 0.25) is 5.91 Å². The van der Waals surface area contributed by atoms with E-state index in [1.807, 2.05) is 54.3 Å². The number of carbonyl (C=O) groups excluding carboxylic acids is 1. The van der Waals surface area contributed by atoms with Crippen LogP contribution in [0.1, 0.15) is 24.0 Å². The van der Waals surface area contributed by atoms with Crippen molar-refractivity contribution in [2.24, 2.45) is 5.73 Å². The van der Waals surface area contributed by atoms with E-state index in [4.69, 9.17) is 5.73 Å². The first-order valence-electron chi connectivity index (χ1n) is 9.56. The van der Waals surface area contributed by atoms with Gasteiger partial charge in [0.25, 0.3) is 5.56 Å². The molecule has 0 fully saturated rings. The van der Waals surface area contributed by atoms with Crippen LogP contribution >= 0.6 is 0 Å². The number of aromatic nitrogens is 2. The van der Waals surface area contributed by atoms with Gasteiger partial charge in [-0.25, -0.2) is 4.98 Å². The number of aryl methyl sites for hydroxylation is 2. The van der Waals surface area contributed by atoms with E-state index in [1.54, 1.807) is 6.07 Å². The molecule has 0 spiro atoms. The summed E-state index contributed by atoms with van der Waals surface area (Å²) < 4.78 is 1.52. The quantitative estimate of drug-likeness (QED) is 0.653. The largest absolute Gasteiger partial charge is 0.338 e. The summed E-state index contributed by atoms with van der Waals surface area (Å²) in [4.78, 5) is 31.7. The Kier molecular flexibility index (Phi) is 6.55. The van der Waals surface area contributed by atoms with E-state index in [0.717, 1.165) is 17.5 Å². The zero-order valence-corrected chi connectivity index (χ0v) is 16.2. The lowest BCUT2D eigenvalue weighted by atomic mass is 10.1. The first kappa shape index (κ1) is 19.8. The fraction of sp³-hybridized carbons (Fsp3) is 0.318. The van der Waals surface area contributed by atoms with Crippen molar-refractivity contribution in [1.82, 2.24) is 14.5 Å². The molecular weight excluding hydrogens is 352 g/mol. The molecule has 0 radical (unpaired) electrons. The Bertz CT molecular complexity index is 998. The summed E-state index contributed by atoms with van der Waals surface area (Å²) in [6.45, 7) is 3.92. The van der Waals surface area contributed by atoms with Gasteiger partial charge in [0.05, 0.1) is 17.2 Å². The molecule has 0 saturated carbocycles. The summed E-state index contributed by atoms with van der Waals surface area (Å²) in [7, 11) is 0. The van der Waals surface area contributed by atoms with Crippen molar-refractivity contribution in [2.75, 3.05) is 13.1 Å². The first-order chi connectivity index (χ1) is 13.6. The van der Waals surface area contributed by atoms with E-state index in [2.05, 4.69) is 4.98 Å². The first-order valence-corrected chi connectivity index (χ1v) is 9.56. The molecular formula is C22H26N4O2. The highest BCUT2D eigenvalue weighted by atomic mass is 16.2. The van der Waals surface area contributed by atoms with Crippen molar-refractivity contribution >= 4 is 16.8 Å². The predicted octanol–water partition coefficient (Wildman–Crippen LogP) is 2.47. The van der Waals surface area contributed by atoms with Gasteiger partial charge in [0.1, 0.15) is 0 Å². The van der Waals surface area contributed by atoms with Gasteiger partial charge >= 0.3 is 0 Å². The molecule has 0 aliphatic rings. The SMILES string of the molecule is Cc1cccc2c(=O)n(CCC(=O)N(CCCN)Cc3ccccc3)cnc12. The molecule has 0 unspecified atom stereocenters. The van der Waals surface area contributed by atoms with Crippen LogP contribution in [0.5, 0.6) is 0 Å². The Morgan fingerprint density at radius 3 is 2.68 bits per heavy atom. The summed E-state index contributed by atoms with van der Waals surface area (Å²) >= 11 is 0. The highest BCUT2D eigenvalue weighted by molar-refractivity contribution is 5.80. The molecule has 6 nitrogen and oxygen atoms in total. The summed E-state index contributed by atoms with van der Waals surface area (Å²) in [6, 6.07) is 15.4. The topological polar surface area (TPSA) is 81.2 Å². The maximum Gasteiger partial charge on any atom is 0.261 e. The summed E-state index contributed by atoms with van der Waals surface area (Å²) in [5.41, 5.74) is 8.27. The third-order valence-electron chi connectivity index (χ3n) is 4.82. The van der Waals surface area contributed by atoms with Gasteiger partial charge in [-0.15, -0.1) is 0 Å². The summed E-state index contributed by atoms with van der Waals surface area (Å²) in [5, 5.41) is 0.583. The lowest BCUT2D eigenvalue weighted by Crippen LogP contribution is -2.34. The molecule has 3 aromatic rings. The average Bonchev–Trinajstić information content (AvgIpc) is 2.71. The smallest absolute Gasteiger partial charge is 0.261 e. The minimum Gasteiger partial charge on any atom is -0.338 e. The molecule has 2 aromatic carbocycles. The van der Waals surface area contributed by atoms with Crippen LogP contribution in [0.2, 0.25) is 0 Å². The van der Waals surface area contributed by atoms with E-state index in [9.17, 15) is 9.59 Å². The Morgan fingerprint density at radius 1 is 1.14 bits per heavy atom. The van der Waals surface area contributed by atoms with Gasteiger partial charge in [-0.3, -0.25) is 14.2 Å². The number of amides is 1. The van der Waals surface area contributed by atoms with Gasteiger partial charge in [0, 0.05) is 26.1 Å². The van der Waals surface area contributed by atoms with Gasteiger partial charge in [-0.2, -0.15) is 0 Å². The fourth-order valence-electron chi connectivity index (χ4n) is 3.25. The van der Waals surface area contributed by atoms with Crippen LogP contribution in [0.15, 0.2) is 59.7 Å². The highest BCUT2D eigenvalue weighted by Gasteiger charge is 2.14. The van der Waals surface area contributed by atoms with Crippen molar-refractivity contribution in [3.8, 4) is 0 Å². The van der Waals surface area contributed by atoms with Crippen molar-refractivity contribution in [3.05, 3.63) is 76.3 Å². The molecule has 0 aliphatic heterocycles. The number of hydrogen-bond donors (Lipinski definition) is 1. The number of carbonyl (C=O) groups is 1. The molecule has 1 heterocycles. The second-order valence-electron chi connectivity index (χ2n) is 6.91. The number of rotatable bonds is 8. The van der Waals surface area contributed by atoms with Crippen molar-refractivity contribution in [1.29, 1.82) is 0 Å². The Hall–Kier alpha value is -2.99. The lowest BCUT2D eigenvalue weighted by molar-refractivity contribution is -0.132. The second-order valence-corrected chi connectivity index (χ2v) is 6.91. The molecule has 146 valence electrons. The van der Waals surface area contributed by atoms with E-state index in [1.165, 1.54) is 10.9 Å². The molecule has 6 heteroatoms. The molecule has 0 atom stereocenters. The fourth-order valence-corrected chi connectivity index (χ4v) is 3.25. The molecule has 0 saturated heterocycles. The molecule has 28 heavy (non-hydrogen) atoms. The highest BCUT2D eigenvalue weighted by Crippen LogP contribution is 2.12. The molecule has 0 aliphatic carbocycles. The zero-order valence-electron chi connectivity index (χ0n) is 16.2. The van der Waals surface area contributed by atoms with Crippen molar-refractivity contribution < 1.29 is 4.79 Å². The average molecular weight is 378 g/mol. The van der Waals surface area contributed by atoms with Gasteiger partial charge in [0.15, 0.2) is 0 Å². The number of hydrogen-bond acceptors (Lipinski definition) is 4. The molecule has 0 bridgehead atoms. The minimum atomic E-state index is -0.113. The maximum absolute atomic E-state index is 12.8. The van der Waals surface area contributed by atoms with Crippen LogP contribution in [0.4, 0.5) is 0 Å². The van der Waals surface area contributed by atoms with E-state index >= 15 is 0 Å². The number of nitrogens with two attached hydrogens (primary N) is 1. The molecule has 2 N–H and O–H groups in total. The number of para-hydroxylation sites is 1. The van der Waals surface area contributed by atoms with Crippen molar-refractivity contribution in [2.45, 2.75) is 32.9 Å². The van der Waals surface area contributed by atoms with Crippen LogP contribution in [0, 0.1) is 6.92 Å². The third-order valence-corrected chi connectivity index (χ3v) is 4.82. The van der Waals surface area contributed by atoms with E-state index in [-0.39, 0.29) is 17.9 Å². The monoisotopic (exact) mass is 378 g/mol. The Labute approximate surface area is 164 Å². The summed E-state index contributed by atoms with van der Waals surface area (Å²) in [6.07, 6.45) is 2.53. The third kappa shape index (κ3) is 4.64. The molecule has 1 amide bonds. The van der Waals surface area contributed by atoms with Crippen LogP contribution in [0.25, 0.3) is 10.9 Å². The van der Waals surface area contributed by atoms with Crippen LogP contribution in [-0.2, 0) is 17.9 Å². The van der Waals surface area contributed by atoms with Crippen LogP contribution < -0.4 is 11.3 Å². The van der Waals surface area contributed by atoms with Gasteiger partial charge in [-0.1, -0.05) is 42.5 Å². The molecule has 3 rings (SSSR count). The normalized spacial score (nSPS) is 10.9. The van der Waals surface area contributed by atoms with Crippen LogP contribution in [0.3, 0.4) is 0 Å². The van der Waals surface area contributed by atoms with Gasteiger partial charge in [-0.05, 0) is 37.1 Å². The number of fused-ring (bicyclic) bond motifs is 1. The predicted molar refractivity (Wildman–Crippen MR) is 111 cm³/mol. The van der Waals surface area contributed by atoms with Crippen molar-refractivity contribution in [3.63, 3.8) is 0 Å². The minimum absolute atomic E-state index is 0.00791. The Morgan fingerprint density at radius 2 is 1.93 bits per heavy atom. The zero-order chi connectivity index (χ0) is 19.9. The second kappa shape index (κ2) is 9.28. The van der Waals surface area contributed by atoms with E-state index < -0.39 is 0 Å². The Balaban J connectivity index is 1.72. The van der Waals surface area contributed by atoms with Gasteiger partial charge < -0.3 is 10.6 Å². The number of nitrogens with zero attached hydrogens (tertiary/aromatic N) is 3. The van der Waals surface area contributed by atoms with Crippen LogP contribution in [-0.4, -0.2) is 33.4 Å². The molecule has 1 aromatic heterocycles. The van der Waals surface area contributed by atoms with E-state index in [0.29, 0.717) is 37.1 Å². The standard InChI is InChI=1S/C22H26N4O2/c1-17-7-5-10-19-21(17)24-16-26(22(19)28)14-11-20(27)25(13-6-12-23)15-18-8-3-2-4-9-18/h2-5,7-10,16H,6,11-15,23H2,1H3. The maximum atomic E-state index is 12.8.